The lowest BCUT2D eigenvalue weighted by atomic mass is 9.91. The largest absolute Gasteiger partial charge is 0.0654 e. The second kappa shape index (κ2) is 5.80. The maximum atomic E-state index is 2.25. The highest BCUT2D eigenvalue weighted by Gasteiger charge is 2.08. The molecule has 0 aliphatic rings. The predicted molar refractivity (Wildman–Crippen MR) is 58.6 cm³/mol. The standard InChI is InChI=1S/C13H19/c1-3-8-12(9-4-2)13-10-6-5-7-11-13/h5-7,10-11H,3-4,8-9H2,1-2H3. The quantitative estimate of drug-likeness (QED) is 0.629. The summed E-state index contributed by atoms with van der Waals surface area (Å²) in [6.07, 6.45) is 5.00. The van der Waals surface area contributed by atoms with Crippen LogP contribution >= 0.6 is 0 Å². The molecule has 0 nitrogen and oxygen atoms in total. The van der Waals surface area contributed by atoms with Crippen LogP contribution in [-0.4, -0.2) is 0 Å². The third kappa shape index (κ3) is 3.22. The van der Waals surface area contributed by atoms with Crippen LogP contribution in [0.2, 0.25) is 0 Å². The molecule has 0 heteroatoms. The van der Waals surface area contributed by atoms with Crippen LogP contribution in [0.4, 0.5) is 0 Å². The fourth-order valence-electron chi connectivity index (χ4n) is 1.69. The second-order valence-corrected chi connectivity index (χ2v) is 3.47. The molecule has 0 saturated heterocycles. The van der Waals surface area contributed by atoms with Crippen LogP contribution in [0.25, 0.3) is 0 Å². The van der Waals surface area contributed by atoms with Crippen molar-refractivity contribution >= 4 is 0 Å². The molecule has 13 heavy (non-hydrogen) atoms. The molecule has 0 bridgehead atoms. The van der Waals surface area contributed by atoms with Crippen LogP contribution in [-0.2, 0) is 0 Å². The topological polar surface area (TPSA) is 0 Å². The van der Waals surface area contributed by atoms with Gasteiger partial charge in [0.1, 0.15) is 0 Å². The summed E-state index contributed by atoms with van der Waals surface area (Å²) in [4.78, 5) is 0. The molecule has 1 rings (SSSR count). The summed E-state index contributed by atoms with van der Waals surface area (Å²) >= 11 is 0. The fraction of sp³-hybridized carbons (Fsp3) is 0.462. The second-order valence-electron chi connectivity index (χ2n) is 3.47. The monoisotopic (exact) mass is 175 g/mol. The molecule has 0 atom stereocenters. The number of hydrogen-bond acceptors (Lipinski definition) is 0. The van der Waals surface area contributed by atoms with Gasteiger partial charge < -0.3 is 0 Å². The average Bonchev–Trinajstić information content (AvgIpc) is 2.19. The Labute approximate surface area is 82.0 Å². The lowest BCUT2D eigenvalue weighted by Crippen LogP contribution is -1.98. The zero-order valence-corrected chi connectivity index (χ0v) is 8.72. The number of hydrogen-bond donors (Lipinski definition) is 0. The summed E-state index contributed by atoms with van der Waals surface area (Å²) < 4.78 is 0. The van der Waals surface area contributed by atoms with E-state index in [9.17, 15) is 0 Å². The van der Waals surface area contributed by atoms with Crippen molar-refractivity contribution in [1.82, 2.24) is 0 Å². The van der Waals surface area contributed by atoms with E-state index in [1.807, 2.05) is 0 Å². The van der Waals surface area contributed by atoms with Gasteiger partial charge in [0.2, 0.25) is 0 Å². The van der Waals surface area contributed by atoms with Gasteiger partial charge in [0.25, 0.3) is 0 Å². The van der Waals surface area contributed by atoms with Gasteiger partial charge in [0.15, 0.2) is 0 Å². The van der Waals surface area contributed by atoms with Gasteiger partial charge in [-0.2, -0.15) is 0 Å². The maximum Gasteiger partial charge on any atom is 0.00496 e. The summed E-state index contributed by atoms with van der Waals surface area (Å²) in [5, 5.41) is 0. The lowest BCUT2D eigenvalue weighted by Gasteiger charge is -2.14. The molecule has 0 unspecified atom stereocenters. The molecule has 0 heterocycles. The molecule has 0 aliphatic heterocycles. The minimum atomic E-state index is 1.25. The zero-order valence-electron chi connectivity index (χ0n) is 8.72. The number of rotatable bonds is 5. The van der Waals surface area contributed by atoms with E-state index in [2.05, 4.69) is 44.2 Å². The Morgan fingerprint density at radius 1 is 0.923 bits per heavy atom. The van der Waals surface area contributed by atoms with E-state index in [4.69, 9.17) is 0 Å². The van der Waals surface area contributed by atoms with Crippen LogP contribution < -0.4 is 0 Å². The summed E-state index contributed by atoms with van der Waals surface area (Å²) in [6, 6.07) is 10.8. The van der Waals surface area contributed by atoms with Crippen molar-refractivity contribution in [2.24, 2.45) is 0 Å². The highest BCUT2D eigenvalue weighted by atomic mass is 14.1. The van der Waals surface area contributed by atoms with Gasteiger partial charge in [-0.25, -0.2) is 0 Å². The summed E-state index contributed by atoms with van der Waals surface area (Å²) in [7, 11) is 0. The van der Waals surface area contributed by atoms with E-state index in [1.165, 1.54) is 31.2 Å². The first kappa shape index (κ1) is 10.3. The summed E-state index contributed by atoms with van der Waals surface area (Å²) in [6.45, 7) is 4.50. The van der Waals surface area contributed by atoms with Crippen LogP contribution in [0.5, 0.6) is 0 Å². The van der Waals surface area contributed by atoms with E-state index in [0.29, 0.717) is 0 Å². The highest BCUT2D eigenvalue weighted by molar-refractivity contribution is 5.29. The van der Waals surface area contributed by atoms with Gasteiger partial charge in [-0.3, -0.25) is 0 Å². The average molecular weight is 175 g/mol. The molecular formula is C13H19. The molecule has 1 radical (unpaired) electrons. The first-order chi connectivity index (χ1) is 6.38. The highest BCUT2D eigenvalue weighted by Crippen LogP contribution is 2.24. The third-order valence-electron chi connectivity index (χ3n) is 2.29. The van der Waals surface area contributed by atoms with E-state index in [1.54, 1.807) is 5.92 Å². The Kier molecular flexibility index (Phi) is 4.59. The maximum absolute atomic E-state index is 2.25. The molecule has 0 aromatic heterocycles. The van der Waals surface area contributed by atoms with Crippen molar-refractivity contribution in [2.45, 2.75) is 39.5 Å². The molecule has 71 valence electrons. The van der Waals surface area contributed by atoms with Gasteiger partial charge >= 0.3 is 0 Å². The summed E-state index contributed by atoms with van der Waals surface area (Å²) in [5.41, 5.74) is 1.44. The first-order valence-electron chi connectivity index (χ1n) is 5.28. The van der Waals surface area contributed by atoms with E-state index < -0.39 is 0 Å². The Morgan fingerprint density at radius 3 is 1.92 bits per heavy atom. The molecular weight excluding hydrogens is 156 g/mol. The predicted octanol–water partition coefficient (Wildman–Crippen LogP) is 4.21. The molecule has 0 aliphatic carbocycles. The minimum absolute atomic E-state index is 1.25. The minimum Gasteiger partial charge on any atom is -0.0654 e. The van der Waals surface area contributed by atoms with Crippen molar-refractivity contribution in [3.05, 3.63) is 41.8 Å². The Bertz CT molecular complexity index is 207. The van der Waals surface area contributed by atoms with Gasteiger partial charge in [0, 0.05) is 5.92 Å². The van der Waals surface area contributed by atoms with Crippen molar-refractivity contribution in [3.8, 4) is 0 Å². The molecule has 1 aromatic carbocycles. The summed E-state index contributed by atoms with van der Waals surface area (Å²) in [5.74, 6) is 1.62. The Morgan fingerprint density at radius 2 is 1.46 bits per heavy atom. The third-order valence-corrected chi connectivity index (χ3v) is 2.29. The van der Waals surface area contributed by atoms with Gasteiger partial charge in [0.05, 0.1) is 0 Å². The zero-order chi connectivity index (χ0) is 9.52. The smallest absolute Gasteiger partial charge is 0.00496 e. The molecule has 0 fully saturated rings. The molecule has 0 spiro atoms. The molecule has 1 aromatic rings. The molecule has 0 N–H and O–H groups in total. The molecule has 0 saturated carbocycles. The van der Waals surface area contributed by atoms with Crippen LogP contribution in [0, 0.1) is 5.92 Å². The van der Waals surface area contributed by atoms with E-state index >= 15 is 0 Å². The van der Waals surface area contributed by atoms with Crippen molar-refractivity contribution < 1.29 is 0 Å². The lowest BCUT2D eigenvalue weighted by molar-refractivity contribution is 0.721. The number of benzene rings is 1. The van der Waals surface area contributed by atoms with Crippen molar-refractivity contribution in [1.29, 1.82) is 0 Å². The van der Waals surface area contributed by atoms with Gasteiger partial charge in [-0.15, -0.1) is 0 Å². The van der Waals surface area contributed by atoms with Crippen molar-refractivity contribution in [3.63, 3.8) is 0 Å². The van der Waals surface area contributed by atoms with Gasteiger partial charge in [-0.05, 0) is 18.4 Å². The van der Waals surface area contributed by atoms with Crippen LogP contribution in [0.15, 0.2) is 30.3 Å². The van der Waals surface area contributed by atoms with E-state index in [-0.39, 0.29) is 0 Å². The molecule has 0 amide bonds. The normalized spacial score (nSPS) is 10.7. The SMILES string of the molecule is CCC[C](CCC)c1ccccc1. The van der Waals surface area contributed by atoms with Crippen LogP contribution in [0.1, 0.15) is 45.1 Å². The van der Waals surface area contributed by atoms with Gasteiger partial charge in [-0.1, -0.05) is 57.0 Å². The Hall–Kier alpha value is -0.780. The fourth-order valence-corrected chi connectivity index (χ4v) is 1.69. The van der Waals surface area contributed by atoms with Crippen LogP contribution in [0.3, 0.4) is 0 Å². The first-order valence-corrected chi connectivity index (χ1v) is 5.28. The van der Waals surface area contributed by atoms with E-state index in [0.717, 1.165) is 0 Å². The van der Waals surface area contributed by atoms with Crippen molar-refractivity contribution in [2.75, 3.05) is 0 Å². The Balaban J connectivity index is 2.64.